The van der Waals surface area contributed by atoms with Gasteiger partial charge in [0.15, 0.2) is 0 Å². The molecular formula is C37H57NO6. The molecule has 0 amide bonds. The molecule has 1 N–H and O–H groups in total. The van der Waals surface area contributed by atoms with Gasteiger partial charge in [0, 0.05) is 12.8 Å². The van der Waals surface area contributed by atoms with Crippen LogP contribution in [0, 0.1) is 5.92 Å². The molecule has 44 heavy (non-hydrogen) atoms. The first-order valence-electron chi connectivity index (χ1n) is 16.8. The van der Waals surface area contributed by atoms with E-state index in [1.165, 1.54) is 0 Å². The molecule has 0 radical (unpaired) electrons. The van der Waals surface area contributed by atoms with Crippen LogP contribution in [0.1, 0.15) is 90.2 Å². The van der Waals surface area contributed by atoms with E-state index in [1.807, 2.05) is 50.2 Å². The Kier molecular flexibility index (Phi) is 15.8. The second kappa shape index (κ2) is 19.3. The third-order valence-corrected chi connectivity index (χ3v) is 8.99. The Balaban J connectivity index is 1.76. The maximum Gasteiger partial charge on any atom is 0.305 e. The van der Waals surface area contributed by atoms with Crippen LogP contribution in [0.2, 0.25) is 0 Å². The predicted octanol–water partition coefficient (Wildman–Crippen LogP) is 6.95. The highest BCUT2D eigenvalue weighted by Gasteiger charge is 2.48. The second-order valence-electron chi connectivity index (χ2n) is 12.7. The van der Waals surface area contributed by atoms with Crippen LogP contribution in [-0.4, -0.2) is 72.7 Å². The van der Waals surface area contributed by atoms with Gasteiger partial charge in [0.1, 0.15) is 6.10 Å². The van der Waals surface area contributed by atoms with Gasteiger partial charge in [0.2, 0.25) is 0 Å². The van der Waals surface area contributed by atoms with Gasteiger partial charge in [-0.15, -0.1) is 0 Å². The molecule has 7 nitrogen and oxygen atoms in total. The number of carbonyl (C=O) groups is 1. The molecule has 0 aromatic heterocycles. The molecule has 0 heterocycles. The third kappa shape index (κ3) is 11.9. The number of hydrogen-bond acceptors (Lipinski definition) is 7. The van der Waals surface area contributed by atoms with E-state index in [0.29, 0.717) is 32.7 Å². The number of esters is 1. The summed E-state index contributed by atoms with van der Waals surface area (Å²) in [6.45, 7) is 10.5. The summed E-state index contributed by atoms with van der Waals surface area (Å²) in [5, 5.41) is 11.4. The lowest BCUT2D eigenvalue weighted by atomic mass is 9.87. The highest BCUT2D eigenvalue weighted by molar-refractivity contribution is 5.69. The molecule has 1 aliphatic carbocycles. The molecule has 1 saturated carbocycles. The Morgan fingerprint density at radius 1 is 0.909 bits per heavy atom. The Morgan fingerprint density at radius 3 is 2.11 bits per heavy atom. The number of aliphatic hydroxyl groups is 1. The average molecular weight is 612 g/mol. The van der Waals surface area contributed by atoms with Gasteiger partial charge in [-0.05, 0) is 63.7 Å². The molecule has 0 bridgehead atoms. The molecule has 7 heteroatoms. The first kappa shape index (κ1) is 36.2. The van der Waals surface area contributed by atoms with Crippen molar-refractivity contribution in [2.75, 3.05) is 26.8 Å². The summed E-state index contributed by atoms with van der Waals surface area (Å²) in [6.07, 6.45) is 6.45. The molecule has 246 valence electrons. The van der Waals surface area contributed by atoms with Crippen molar-refractivity contribution in [2.24, 2.45) is 5.92 Å². The first-order chi connectivity index (χ1) is 21.2. The summed E-state index contributed by atoms with van der Waals surface area (Å²) in [6, 6.07) is 20.4. The van der Waals surface area contributed by atoms with Crippen molar-refractivity contribution >= 4 is 5.97 Å². The smallest absolute Gasteiger partial charge is 0.305 e. The maximum atomic E-state index is 11.8. The number of ether oxygens (including phenoxy) is 4. The van der Waals surface area contributed by atoms with Gasteiger partial charge >= 0.3 is 5.97 Å². The fourth-order valence-electron chi connectivity index (χ4n) is 5.98. The summed E-state index contributed by atoms with van der Waals surface area (Å²) >= 11 is 0. The molecule has 0 saturated heterocycles. The number of nitrogens with zero attached hydrogens (tertiary/aromatic N) is 1. The number of unbranched alkanes of at least 4 members (excludes halogenated alkanes) is 3. The molecule has 1 fully saturated rings. The van der Waals surface area contributed by atoms with Gasteiger partial charge in [0.25, 0.3) is 0 Å². The van der Waals surface area contributed by atoms with E-state index >= 15 is 0 Å². The summed E-state index contributed by atoms with van der Waals surface area (Å²) in [5.41, 5.74) is 1.30. The fourth-order valence-corrected chi connectivity index (χ4v) is 5.98. The second-order valence-corrected chi connectivity index (χ2v) is 12.7. The maximum absolute atomic E-state index is 11.8. The van der Waals surface area contributed by atoms with Crippen LogP contribution in [0.3, 0.4) is 0 Å². The van der Waals surface area contributed by atoms with E-state index < -0.39 is 5.60 Å². The molecule has 6 unspecified atom stereocenters. The average Bonchev–Trinajstić information content (AvgIpc) is 3.38. The van der Waals surface area contributed by atoms with Crippen molar-refractivity contribution < 1.29 is 28.8 Å². The van der Waals surface area contributed by atoms with E-state index in [0.717, 1.165) is 56.2 Å². The summed E-state index contributed by atoms with van der Waals surface area (Å²) < 4.78 is 25.0. The van der Waals surface area contributed by atoms with E-state index in [1.54, 1.807) is 0 Å². The number of benzene rings is 2. The molecular weight excluding hydrogens is 554 g/mol. The van der Waals surface area contributed by atoms with Crippen LogP contribution in [0.5, 0.6) is 0 Å². The quantitative estimate of drug-likeness (QED) is 0.121. The lowest BCUT2D eigenvalue weighted by molar-refractivity contribution is -0.143. The minimum Gasteiger partial charge on any atom is -0.466 e. The van der Waals surface area contributed by atoms with E-state index in [4.69, 9.17) is 18.9 Å². The molecule has 3 rings (SSSR count). The minimum absolute atomic E-state index is 0.0497. The molecule has 6 atom stereocenters. The van der Waals surface area contributed by atoms with Gasteiger partial charge in [-0.25, -0.2) is 0 Å². The van der Waals surface area contributed by atoms with Crippen molar-refractivity contribution in [3.05, 3.63) is 71.8 Å². The zero-order chi connectivity index (χ0) is 31.8. The van der Waals surface area contributed by atoms with Gasteiger partial charge in [-0.3, -0.25) is 9.69 Å². The third-order valence-electron chi connectivity index (χ3n) is 8.99. The highest BCUT2D eigenvalue weighted by Crippen LogP contribution is 2.35. The lowest BCUT2D eigenvalue weighted by Gasteiger charge is -2.37. The summed E-state index contributed by atoms with van der Waals surface area (Å²) in [4.78, 5) is 14.1. The number of carbonyl (C=O) groups excluding carboxylic acids is 1. The first-order valence-corrected chi connectivity index (χ1v) is 16.8. The minimum atomic E-state index is -0.946. The van der Waals surface area contributed by atoms with Crippen LogP contribution < -0.4 is 0 Å². The van der Waals surface area contributed by atoms with Gasteiger partial charge < -0.3 is 24.1 Å². The Morgan fingerprint density at radius 2 is 1.52 bits per heavy atom. The van der Waals surface area contributed by atoms with Crippen LogP contribution in [0.25, 0.3) is 0 Å². The zero-order valence-electron chi connectivity index (χ0n) is 27.8. The van der Waals surface area contributed by atoms with Gasteiger partial charge in [0.05, 0.1) is 50.3 Å². The van der Waals surface area contributed by atoms with Crippen LogP contribution in [0.4, 0.5) is 0 Å². The largest absolute Gasteiger partial charge is 0.466 e. The molecule has 1 aliphatic rings. The van der Waals surface area contributed by atoms with Crippen molar-refractivity contribution in [1.82, 2.24) is 4.90 Å². The number of likely N-dealkylation sites (N-methyl/N-ethyl adjacent to an activating group) is 1. The molecule has 0 aliphatic heterocycles. The lowest BCUT2D eigenvalue weighted by Crippen LogP contribution is -2.50. The Labute approximate surface area is 266 Å². The predicted molar refractivity (Wildman–Crippen MR) is 175 cm³/mol. The highest BCUT2D eigenvalue weighted by atomic mass is 16.6. The van der Waals surface area contributed by atoms with Crippen molar-refractivity contribution in [3.8, 4) is 0 Å². The van der Waals surface area contributed by atoms with E-state index in [-0.39, 0.29) is 42.8 Å². The number of rotatable bonds is 21. The fraction of sp³-hybridized carbons (Fsp3) is 0.649. The van der Waals surface area contributed by atoms with Crippen molar-refractivity contribution in [1.29, 1.82) is 0 Å². The molecule has 2 aromatic carbocycles. The Bertz CT molecular complexity index is 1050. The van der Waals surface area contributed by atoms with Crippen LogP contribution in [0.15, 0.2) is 60.7 Å². The standard InChI is InChI=1S/C37H57NO6/c1-6-8-18-29(3)37(4,40)28-44-36-33(43-27-31-21-14-10-15-22-31)25-32(42-26-30-19-12-9-13-20-30)35(36)38(5)24-17-11-16-23-34(39)41-7-2/h9-10,12-15,19-22,29,32-33,35-36,40H,6-8,11,16-18,23-28H2,1-5H3. The monoisotopic (exact) mass is 611 g/mol. The van der Waals surface area contributed by atoms with E-state index in [2.05, 4.69) is 50.1 Å². The zero-order valence-corrected chi connectivity index (χ0v) is 27.8. The summed E-state index contributed by atoms with van der Waals surface area (Å²) in [5.74, 6) is -0.00800. The normalized spacial score (nSPS) is 22.2. The topological polar surface area (TPSA) is 77.5 Å². The number of hydrogen-bond donors (Lipinski definition) is 1. The van der Waals surface area contributed by atoms with Crippen LogP contribution >= 0.6 is 0 Å². The molecule has 0 spiro atoms. The Hall–Kier alpha value is -2.29. The van der Waals surface area contributed by atoms with Gasteiger partial charge in [-0.2, -0.15) is 0 Å². The van der Waals surface area contributed by atoms with Crippen LogP contribution in [-0.2, 0) is 37.0 Å². The van der Waals surface area contributed by atoms with Gasteiger partial charge in [-0.1, -0.05) is 93.8 Å². The SMILES string of the molecule is CCCCC(C)C(C)(O)COC1C(OCc2ccccc2)CC(OCc2ccccc2)C1N(C)CCCCCC(=O)OCC. The van der Waals surface area contributed by atoms with E-state index in [9.17, 15) is 9.90 Å². The van der Waals surface area contributed by atoms with Crippen molar-refractivity contribution in [3.63, 3.8) is 0 Å². The molecule has 2 aromatic rings. The summed E-state index contributed by atoms with van der Waals surface area (Å²) in [7, 11) is 2.13. The van der Waals surface area contributed by atoms with Crippen molar-refractivity contribution in [2.45, 2.75) is 122 Å².